The molecule has 16 heavy (non-hydrogen) atoms. The van der Waals surface area contributed by atoms with Gasteiger partial charge >= 0.3 is 12.3 Å². The second kappa shape index (κ2) is 4.48. The first kappa shape index (κ1) is 13.1. The summed E-state index contributed by atoms with van der Waals surface area (Å²) in [5.74, 6) is 0. The summed E-state index contributed by atoms with van der Waals surface area (Å²) in [6, 6.07) is -0.445. The molecule has 1 saturated carbocycles. The Kier molecular flexibility index (Phi) is 3.67. The van der Waals surface area contributed by atoms with Crippen LogP contribution in [0.4, 0.5) is 18.0 Å². The van der Waals surface area contributed by atoms with Gasteiger partial charge in [0, 0.05) is 6.04 Å². The number of alkyl halides is 3. The Bertz CT molecular complexity index is 259. The molecule has 0 aromatic carbocycles. The van der Waals surface area contributed by atoms with Crippen LogP contribution < -0.4 is 5.32 Å². The first-order valence-electron chi connectivity index (χ1n) is 4.98. The fourth-order valence-corrected chi connectivity index (χ4v) is 2.02. The highest BCUT2D eigenvalue weighted by molar-refractivity contribution is 5.64. The van der Waals surface area contributed by atoms with E-state index in [2.05, 4.69) is 5.32 Å². The van der Waals surface area contributed by atoms with Gasteiger partial charge < -0.3 is 15.5 Å². The van der Waals surface area contributed by atoms with Gasteiger partial charge in [-0.05, 0) is 25.7 Å². The largest absolute Gasteiger partial charge is 0.465 e. The maximum atomic E-state index is 12.7. The lowest BCUT2D eigenvalue weighted by atomic mass is 9.72. The highest BCUT2D eigenvalue weighted by atomic mass is 19.4. The van der Waals surface area contributed by atoms with E-state index in [0.717, 1.165) is 0 Å². The third-order valence-corrected chi connectivity index (χ3v) is 3.17. The Labute approximate surface area is 90.4 Å². The van der Waals surface area contributed by atoms with Crippen LogP contribution >= 0.6 is 0 Å². The van der Waals surface area contributed by atoms with Crippen LogP contribution in [0.2, 0.25) is 0 Å². The molecule has 1 rings (SSSR count). The standard InChI is InChI=1S/C9H14F3NO3/c10-9(11,12)8(5-14)3-1-6(2-4-8)13-7(15)16/h6,13-14H,1-5H2,(H,15,16). The number of carboxylic acid groups (broad SMARTS) is 1. The number of aliphatic hydroxyl groups excluding tert-OH is 1. The lowest BCUT2D eigenvalue weighted by Gasteiger charge is -2.39. The highest BCUT2D eigenvalue weighted by Gasteiger charge is 2.55. The number of halogens is 3. The molecule has 1 aliphatic rings. The summed E-state index contributed by atoms with van der Waals surface area (Å²) < 4.78 is 38.1. The number of rotatable bonds is 2. The molecule has 0 unspecified atom stereocenters. The van der Waals surface area contributed by atoms with Crippen LogP contribution in [-0.2, 0) is 0 Å². The Morgan fingerprint density at radius 1 is 1.38 bits per heavy atom. The fraction of sp³-hybridized carbons (Fsp3) is 0.889. The monoisotopic (exact) mass is 241 g/mol. The molecule has 0 aromatic heterocycles. The third kappa shape index (κ3) is 2.58. The van der Waals surface area contributed by atoms with Gasteiger partial charge in [0.25, 0.3) is 0 Å². The van der Waals surface area contributed by atoms with Gasteiger partial charge in [0.05, 0.1) is 12.0 Å². The fourth-order valence-electron chi connectivity index (χ4n) is 2.02. The van der Waals surface area contributed by atoms with Crippen molar-refractivity contribution in [2.45, 2.75) is 37.9 Å². The molecule has 0 radical (unpaired) electrons. The van der Waals surface area contributed by atoms with Gasteiger partial charge in [0.15, 0.2) is 0 Å². The average molecular weight is 241 g/mol. The number of nitrogens with one attached hydrogen (secondary N) is 1. The van der Waals surface area contributed by atoms with E-state index in [9.17, 15) is 18.0 Å². The van der Waals surface area contributed by atoms with Crippen molar-refractivity contribution in [1.82, 2.24) is 5.32 Å². The number of hydrogen-bond acceptors (Lipinski definition) is 2. The summed E-state index contributed by atoms with van der Waals surface area (Å²) >= 11 is 0. The molecule has 1 aliphatic carbocycles. The summed E-state index contributed by atoms with van der Waals surface area (Å²) in [4.78, 5) is 10.3. The summed E-state index contributed by atoms with van der Waals surface area (Å²) in [5, 5.41) is 19.5. The smallest absolute Gasteiger partial charge is 0.404 e. The molecule has 7 heteroatoms. The van der Waals surface area contributed by atoms with Gasteiger partial charge in [0.2, 0.25) is 0 Å². The number of hydrogen-bond donors (Lipinski definition) is 3. The molecule has 4 nitrogen and oxygen atoms in total. The molecule has 0 atom stereocenters. The summed E-state index contributed by atoms with van der Waals surface area (Å²) in [6.45, 7) is -0.934. The zero-order valence-electron chi connectivity index (χ0n) is 8.55. The zero-order valence-corrected chi connectivity index (χ0v) is 8.55. The van der Waals surface area contributed by atoms with Crippen molar-refractivity contribution in [3.8, 4) is 0 Å². The molecule has 0 aromatic rings. The van der Waals surface area contributed by atoms with Crippen molar-refractivity contribution in [3.05, 3.63) is 0 Å². The molecule has 1 fully saturated rings. The Morgan fingerprint density at radius 3 is 2.19 bits per heavy atom. The van der Waals surface area contributed by atoms with Crippen LogP contribution in [0.3, 0.4) is 0 Å². The van der Waals surface area contributed by atoms with Gasteiger partial charge in [0.1, 0.15) is 0 Å². The van der Waals surface area contributed by atoms with E-state index in [1.807, 2.05) is 0 Å². The van der Waals surface area contributed by atoms with Crippen molar-refractivity contribution in [1.29, 1.82) is 0 Å². The maximum absolute atomic E-state index is 12.7. The van der Waals surface area contributed by atoms with E-state index in [1.165, 1.54) is 0 Å². The van der Waals surface area contributed by atoms with Crippen molar-refractivity contribution in [2.24, 2.45) is 5.41 Å². The van der Waals surface area contributed by atoms with E-state index in [0.29, 0.717) is 0 Å². The number of aliphatic hydroxyl groups is 1. The van der Waals surface area contributed by atoms with E-state index in [-0.39, 0.29) is 25.7 Å². The first-order valence-corrected chi connectivity index (χ1v) is 4.98. The van der Waals surface area contributed by atoms with Crippen LogP contribution in [0, 0.1) is 5.41 Å². The van der Waals surface area contributed by atoms with Crippen LogP contribution in [0.1, 0.15) is 25.7 Å². The predicted octanol–water partition coefficient (Wildman–Crippen LogP) is 1.74. The van der Waals surface area contributed by atoms with Crippen LogP contribution in [-0.4, -0.2) is 35.1 Å². The number of amides is 1. The summed E-state index contributed by atoms with van der Waals surface area (Å²) in [5.41, 5.74) is -2.05. The summed E-state index contributed by atoms with van der Waals surface area (Å²) in [6.07, 6.45) is -5.93. The van der Waals surface area contributed by atoms with Crippen molar-refractivity contribution >= 4 is 6.09 Å². The van der Waals surface area contributed by atoms with Crippen molar-refractivity contribution in [3.63, 3.8) is 0 Å². The molecular formula is C9H14F3NO3. The minimum absolute atomic E-state index is 0.104. The maximum Gasteiger partial charge on any atom is 0.404 e. The van der Waals surface area contributed by atoms with E-state index < -0.39 is 30.3 Å². The molecule has 0 saturated heterocycles. The van der Waals surface area contributed by atoms with Crippen LogP contribution in [0.25, 0.3) is 0 Å². The van der Waals surface area contributed by atoms with Crippen molar-refractivity contribution in [2.75, 3.05) is 6.61 Å². The third-order valence-electron chi connectivity index (χ3n) is 3.17. The molecule has 0 spiro atoms. The lowest BCUT2D eigenvalue weighted by molar-refractivity contribution is -0.246. The van der Waals surface area contributed by atoms with E-state index in [4.69, 9.17) is 10.2 Å². The summed E-state index contributed by atoms with van der Waals surface area (Å²) in [7, 11) is 0. The predicted molar refractivity (Wildman–Crippen MR) is 49.0 cm³/mol. The minimum Gasteiger partial charge on any atom is -0.465 e. The van der Waals surface area contributed by atoms with Gasteiger partial charge in [-0.25, -0.2) is 4.79 Å². The molecule has 0 heterocycles. The second-order valence-corrected chi connectivity index (χ2v) is 4.16. The van der Waals surface area contributed by atoms with Gasteiger partial charge in [-0.15, -0.1) is 0 Å². The molecule has 0 bridgehead atoms. The molecular weight excluding hydrogens is 227 g/mol. The minimum atomic E-state index is -4.43. The Morgan fingerprint density at radius 2 is 1.88 bits per heavy atom. The number of carbonyl (C=O) groups is 1. The highest BCUT2D eigenvalue weighted by Crippen LogP contribution is 2.48. The van der Waals surface area contributed by atoms with E-state index in [1.54, 1.807) is 0 Å². The zero-order chi connectivity index (χ0) is 12.4. The first-order chi connectivity index (χ1) is 7.31. The molecule has 3 N–H and O–H groups in total. The van der Waals surface area contributed by atoms with E-state index >= 15 is 0 Å². The van der Waals surface area contributed by atoms with Gasteiger partial charge in [-0.2, -0.15) is 13.2 Å². The average Bonchev–Trinajstić information content (AvgIpc) is 2.16. The SMILES string of the molecule is O=C(O)NC1CCC(CO)(C(F)(F)F)CC1. The molecule has 94 valence electrons. The van der Waals surface area contributed by atoms with Gasteiger partial charge in [-0.1, -0.05) is 0 Å². The quantitative estimate of drug-likeness (QED) is 0.689. The Balaban J connectivity index is 2.61. The second-order valence-electron chi connectivity index (χ2n) is 4.16. The molecule has 0 aliphatic heterocycles. The van der Waals surface area contributed by atoms with Crippen molar-refractivity contribution < 1.29 is 28.2 Å². The topological polar surface area (TPSA) is 69.6 Å². The van der Waals surface area contributed by atoms with Crippen LogP contribution in [0.15, 0.2) is 0 Å². The normalized spacial score (nSPS) is 31.1. The molecule has 1 amide bonds. The van der Waals surface area contributed by atoms with Gasteiger partial charge in [-0.3, -0.25) is 0 Å². The van der Waals surface area contributed by atoms with Crippen LogP contribution in [0.5, 0.6) is 0 Å². The Hall–Kier alpha value is -0.980. The lowest BCUT2D eigenvalue weighted by Crippen LogP contribution is -2.48.